The fourth-order valence-corrected chi connectivity index (χ4v) is 1.89. The van der Waals surface area contributed by atoms with Gasteiger partial charge in [0, 0.05) is 13.1 Å². The highest BCUT2D eigenvalue weighted by Crippen LogP contribution is 2.09. The van der Waals surface area contributed by atoms with Gasteiger partial charge in [-0.2, -0.15) is 0 Å². The Morgan fingerprint density at radius 3 is 2.18 bits per heavy atom. The minimum absolute atomic E-state index is 0.313. The van der Waals surface area contributed by atoms with E-state index >= 15 is 0 Å². The molecule has 0 saturated carbocycles. The molecule has 2 nitrogen and oxygen atoms in total. The SMILES string of the molecule is O=C(CI)N1CCCCCC1. The second-order valence-corrected chi connectivity index (χ2v) is 3.69. The zero-order valence-electron chi connectivity index (χ0n) is 6.68. The first-order valence-corrected chi connectivity index (χ1v) is 5.71. The van der Waals surface area contributed by atoms with Crippen molar-refractivity contribution >= 4 is 28.5 Å². The lowest BCUT2D eigenvalue weighted by molar-refractivity contribution is -0.128. The van der Waals surface area contributed by atoms with Crippen molar-refractivity contribution in [2.75, 3.05) is 17.5 Å². The Morgan fingerprint density at radius 1 is 1.18 bits per heavy atom. The van der Waals surface area contributed by atoms with Crippen LogP contribution in [0.5, 0.6) is 0 Å². The molecule has 1 aliphatic heterocycles. The first kappa shape index (κ1) is 9.29. The van der Waals surface area contributed by atoms with E-state index in [9.17, 15) is 4.79 Å². The molecule has 0 aromatic carbocycles. The minimum Gasteiger partial charge on any atom is -0.342 e. The van der Waals surface area contributed by atoms with Gasteiger partial charge < -0.3 is 4.90 Å². The smallest absolute Gasteiger partial charge is 0.232 e. The van der Waals surface area contributed by atoms with E-state index < -0.39 is 0 Å². The molecular weight excluding hydrogens is 253 g/mol. The van der Waals surface area contributed by atoms with Gasteiger partial charge >= 0.3 is 0 Å². The van der Waals surface area contributed by atoms with Crippen molar-refractivity contribution in [2.24, 2.45) is 0 Å². The molecule has 64 valence electrons. The van der Waals surface area contributed by atoms with Crippen LogP contribution in [-0.2, 0) is 4.79 Å². The van der Waals surface area contributed by atoms with Gasteiger partial charge in [0.1, 0.15) is 0 Å². The predicted molar refractivity (Wildman–Crippen MR) is 53.9 cm³/mol. The zero-order valence-corrected chi connectivity index (χ0v) is 8.84. The van der Waals surface area contributed by atoms with E-state index in [4.69, 9.17) is 0 Å². The van der Waals surface area contributed by atoms with Crippen molar-refractivity contribution in [1.82, 2.24) is 4.90 Å². The van der Waals surface area contributed by atoms with Crippen LogP contribution < -0.4 is 0 Å². The molecule has 1 amide bonds. The number of rotatable bonds is 1. The first-order chi connectivity index (χ1) is 5.34. The monoisotopic (exact) mass is 267 g/mol. The van der Waals surface area contributed by atoms with E-state index in [1.165, 1.54) is 25.7 Å². The van der Waals surface area contributed by atoms with Crippen molar-refractivity contribution in [1.29, 1.82) is 0 Å². The van der Waals surface area contributed by atoms with Crippen LogP contribution >= 0.6 is 22.6 Å². The first-order valence-electron chi connectivity index (χ1n) is 4.18. The van der Waals surface area contributed by atoms with Crippen LogP contribution in [0.4, 0.5) is 0 Å². The van der Waals surface area contributed by atoms with Gasteiger partial charge in [0.25, 0.3) is 0 Å². The number of amides is 1. The van der Waals surface area contributed by atoms with E-state index in [2.05, 4.69) is 22.6 Å². The number of carbonyl (C=O) groups excluding carboxylic acids is 1. The molecule has 0 atom stereocenters. The fraction of sp³-hybridized carbons (Fsp3) is 0.875. The fourth-order valence-electron chi connectivity index (χ4n) is 1.40. The summed E-state index contributed by atoms with van der Waals surface area (Å²) >= 11 is 2.14. The van der Waals surface area contributed by atoms with Gasteiger partial charge in [-0.1, -0.05) is 35.4 Å². The molecule has 0 radical (unpaired) electrons. The zero-order chi connectivity index (χ0) is 8.10. The number of hydrogen-bond donors (Lipinski definition) is 0. The summed E-state index contributed by atoms with van der Waals surface area (Å²) in [6.45, 7) is 1.98. The molecule has 11 heavy (non-hydrogen) atoms. The molecule has 1 heterocycles. The molecule has 1 rings (SSSR count). The molecule has 0 bridgehead atoms. The summed E-state index contributed by atoms with van der Waals surface area (Å²) in [4.78, 5) is 13.2. The van der Waals surface area contributed by atoms with Crippen LogP contribution in [-0.4, -0.2) is 28.3 Å². The quantitative estimate of drug-likeness (QED) is 0.524. The van der Waals surface area contributed by atoms with Crippen LogP contribution in [0, 0.1) is 0 Å². The van der Waals surface area contributed by atoms with Gasteiger partial charge in [-0.15, -0.1) is 0 Å². The standard InChI is InChI=1S/C8H14INO/c9-7-8(11)10-5-3-1-2-4-6-10/h1-7H2. The number of likely N-dealkylation sites (tertiary alicyclic amines) is 1. The molecular formula is C8H14INO. The largest absolute Gasteiger partial charge is 0.342 e. The Balaban J connectivity index is 2.36. The molecule has 0 spiro atoms. The molecule has 0 aromatic heterocycles. The van der Waals surface area contributed by atoms with E-state index in [1.54, 1.807) is 0 Å². The van der Waals surface area contributed by atoms with Crippen LogP contribution in [0.3, 0.4) is 0 Å². The Kier molecular flexibility index (Phi) is 4.18. The maximum absolute atomic E-state index is 11.2. The number of halogens is 1. The third-order valence-electron chi connectivity index (χ3n) is 2.07. The summed E-state index contributed by atoms with van der Waals surface area (Å²) in [6.07, 6.45) is 4.99. The lowest BCUT2D eigenvalue weighted by Gasteiger charge is -2.18. The van der Waals surface area contributed by atoms with Crippen molar-refractivity contribution in [3.63, 3.8) is 0 Å². The average molecular weight is 267 g/mol. The normalized spacial score (nSPS) is 19.5. The summed E-state index contributed by atoms with van der Waals surface area (Å²) in [6, 6.07) is 0. The molecule has 1 fully saturated rings. The molecule has 0 aliphatic carbocycles. The Labute approximate surface area is 81.5 Å². The van der Waals surface area contributed by atoms with E-state index in [0.29, 0.717) is 10.3 Å². The third-order valence-corrected chi connectivity index (χ3v) is 2.73. The second kappa shape index (κ2) is 4.95. The minimum atomic E-state index is 0.313. The molecule has 1 aliphatic rings. The number of carbonyl (C=O) groups is 1. The van der Waals surface area contributed by atoms with Crippen molar-refractivity contribution in [2.45, 2.75) is 25.7 Å². The molecule has 1 saturated heterocycles. The highest BCUT2D eigenvalue weighted by molar-refractivity contribution is 14.1. The summed E-state index contributed by atoms with van der Waals surface area (Å²) in [5, 5.41) is 0. The van der Waals surface area contributed by atoms with Crippen LogP contribution in [0.25, 0.3) is 0 Å². The summed E-state index contributed by atoms with van der Waals surface area (Å²) in [5.41, 5.74) is 0. The maximum Gasteiger partial charge on any atom is 0.232 e. The van der Waals surface area contributed by atoms with Gasteiger partial charge in [-0.3, -0.25) is 4.79 Å². The second-order valence-electron chi connectivity index (χ2n) is 2.93. The van der Waals surface area contributed by atoms with Gasteiger partial charge in [0.15, 0.2) is 0 Å². The van der Waals surface area contributed by atoms with Crippen molar-refractivity contribution < 1.29 is 4.79 Å². The Hall–Kier alpha value is 0.200. The number of hydrogen-bond acceptors (Lipinski definition) is 1. The number of nitrogens with zero attached hydrogens (tertiary/aromatic N) is 1. The summed E-state index contributed by atoms with van der Waals surface area (Å²) < 4.78 is 0.637. The molecule has 0 N–H and O–H groups in total. The number of alkyl halides is 1. The van der Waals surface area contributed by atoms with Gasteiger partial charge in [0.05, 0.1) is 4.43 Å². The van der Waals surface area contributed by atoms with Gasteiger partial charge in [-0.05, 0) is 12.8 Å². The molecule has 3 heteroatoms. The van der Waals surface area contributed by atoms with E-state index in [0.717, 1.165) is 13.1 Å². The van der Waals surface area contributed by atoms with E-state index in [-0.39, 0.29) is 0 Å². The maximum atomic E-state index is 11.2. The van der Waals surface area contributed by atoms with Crippen LogP contribution in [0.1, 0.15) is 25.7 Å². The average Bonchev–Trinajstić information content (AvgIpc) is 2.30. The summed E-state index contributed by atoms with van der Waals surface area (Å²) in [7, 11) is 0. The molecule has 0 unspecified atom stereocenters. The summed E-state index contributed by atoms with van der Waals surface area (Å²) in [5.74, 6) is 0.313. The van der Waals surface area contributed by atoms with Crippen molar-refractivity contribution in [3.8, 4) is 0 Å². The lowest BCUT2D eigenvalue weighted by atomic mass is 10.2. The van der Waals surface area contributed by atoms with Crippen LogP contribution in [0.15, 0.2) is 0 Å². The van der Waals surface area contributed by atoms with Gasteiger partial charge in [-0.25, -0.2) is 0 Å². The Morgan fingerprint density at radius 2 is 1.73 bits per heavy atom. The molecule has 0 aromatic rings. The predicted octanol–water partition coefficient (Wildman–Crippen LogP) is 1.82. The topological polar surface area (TPSA) is 20.3 Å². The third kappa shape index (κ3) is 2.97. The Bertz CT molecular complexity index is 130. The van der Waals surface area contributed by atoms with Gasteiger partial charge in [0.2, 0.25) is 5.91 Å². The highest BCUT2D eigenvalue weighted by Gasteiger charge is 2.13. The van der Waals surface area contributed by atoms with Crippen molar-refractivity contribution in [3.05, 3.63) is 0 Å². The highest BCUT2D eigenvalue weighted by atomic mass is 127. The van der Waals surface area contributed by atoms with E-state index in [1.807, 2.05) is 4.90 Å². The van der Waals surface area contributed by atoms with Crippen LogP contribution in [0.2, 0.25) is 0 Å². The lowest BCUT2D eigenvalue weighted by Crippen LogP contribution is -2.32.